The highest BCUT2D eigenvalue weighted by Crippen LogP contribution is 2.32. The Balaban J connectivity index is 2.65. The molecule has 2 rings (SSSR count). The van der Waals surface area contributed by atoms with Gasteiger partial charge in [-0.25, -0.2) is 9.97 Å². The van der Waals surface area contributed by atoms with E-state index in [9.17, 15) is 13.2 Å². The first kappa shape index (κ1) is 11.1. The minimum Gasteiger partial charge on any atom is -0.275 e. The molecule has 0 saturated heterocycles. The van der Waals surface area contributed by atoms with E-state index in [-0.39, 0.29) is 11.6 Å². The molecule has 0 radical (unpaired) electrons. The highest BCUT2D eigenvalue weighted by Gasteiger charge is 2.34. The second kappa shape index (κ2) is 3.90. The van der Waals surface area contributed by atoms with Gasteiger partial charge in [0.05, 0.1) is 5.56 Å². The molecular weight excluding hydrogens is 233 g/mol. The maximum absolute atomic E-state index is 12.7. The van der Waals surface area contributed by atoms with E-state index in [1.54, 1.807) is 6.07 Å². The van der Waals surface area contributed by atoms with Crippen molar-refractivity contribution in [2.45, 2.75) is 6.18 Å². The molecule has 2 aromatic rings. The summed E-state index contributed by atoms with van der Waals surface area (Å²) < 4.78 is 39.2. The third-order valence-electron chi connectivity index (χ3n) is 2.06. The molecule has 2 heterocycles. The minimum atomic E-state index is -4.53. The molecule has 4 nitrogen and oxygen atoms in total. The first-order valence-corrected chi connectivity index (χ1v) is 4.50. The van der Waals surface area contributed by atoms with Crippen molar-refractivity contribution in [1.29, 1.82) is 5.26 Å². The van der Waals surface area contributed by atoms with Crippen LogP contribution in [0.4, 0.5) is 13.2 Å². The van der Waals surface area contributed by atoms with Crippen LogP contribution in [-0.2, 0) is 6.18 Å². The van der Waals surface area contributed by atoms with Crippen LogP contribution in [0, 0.1) is 11.3 Å². The zero-order chi connectivity index (χ0) is 12.5. The maximum atomic E-state index is 12.7. The van der Waals surface area contributed by atoms with Crippen molar-refractivity contribution in [2.24, 2.45) is 0 Å². The Morgan fingerprint density at radius 3 is 2.65 bits per heavy atom. The molecule has 2 aromatic heterocycles. The molecule has 0 aliphatic carbocycles. The topological polar surface area (TPSA) is 54.5 Å². The lowest BCUT2D eigenvalue weighted by molar-refractivity contribution is -0.137. The number of rotatable bonds is 1. The van der Waals surface area contributed by atoms with Gasteiger partial charge < -0.3 is 0 Å². The van der Waals surface area contributed by atoms with Crippen molar-refractivity contribution in [3.05, 3.63) is 42.1 Å². The van der Waals surface area contributed by atoms with Crippen LogP contribution >= 0.6 is 0 Å². The number of nitrogens with zero attached hydrogens (tertiary/aromatic N) is 4. The third-order valence-corrected chi connectivity index (χ3v) is 2.06. The molecule has 7 heteroatoms. The van der Waals surface area contributed by atoms with E-state index in [4.69, 9.17) is 5.26 Å². The van der Waals surface area contributed by atoms with E-state index < -0.39 is 11.7 Å². The largest absolute Gasteiger partial charge is 0.419 e. The van der Waals surface area contributed by atoms with Gasteiger partial charge in [-0.15, -0.1) is 0 Å². The van der Waals surface area contributed by atoms with Crippen LogP contribution in [0.15, 0.2) is 30.7 Å². The molecular formula is C10H5F3N4. The zero-order valence-corrected chi connectivity index (χ0v) is 8.31. The first-order chi connectivity index (χ1) is 8.04. The quantitative estimate of drug-likeness (QED) is 0.764. The monoisotopic (exact) mass is 238 g/mol. The standard InChI is InChI=1S/C10H5F3N4/c11-10(12,13)7-2-1-3-16-9(7)17-5-4-15-8(17)6-14/h1-5H. The zero-order valence-electron chi connectivity index (χ0n) is 8.31. The lowest BCUT2D eigenvalue weighted by Crippen LogP contribution is -2.12. The Hall–Kier alpha value is -2.36. The number of alkyl halides is 3. The minimum absolute atomic E-state index is 0.144. The van der Waals surface area contributed by atoms with Crippen molar-refractivity contribution in [3.63, 3.8) is 0 Å². The molecule has 0 saturated carbocycles. The smallest absolute Gasteiger partial charge is 0.275 e. The number of hydrogen-bond acceptors (Lipinski definition) is 3. The van der Waals surface area contributed by atoms with Gasteiger partial charge in [0.2, 0.25) is 5.82 Å². The summed E-state index contributed by atoms with van der Waals surface area (Å²) in [5.41, 5.74) is -0.908. The SMILES string of the molecule is N#Cc1nccn1-c1ncccc1C(F)(F)F. The molecule has 86 valence electrons. The van der Waals surface area contributed by atoms with E-state index in [0.717, 1.165) is 10.6 Å². The summed E-state index contributed by atoms with van der Waals surface area (Å²) in [6.45, 7) is 0. The van der Waals surface area contributed by atoms with Gasteiger partial charge in [0.15, 0.2) is 5.82 Å². The Morgan fingerprint density at radius 1 is 1.24 bits per heavy atom. The Labute approximate surface area is 94.0 Å². The lowest BCUT2D eigenvalue weighted by atomic mass is 10.2. The van der Waals surface area contributed by atoms with E-state index in [1.165, 1.54) is 24.7 Å². The number of hydrogen-bond donors (Lipinski definition) is 0. The number of nitriles is 1. The second-order valence-electron chi connectivity index (χ2n) is 3.10. The lowest BCUT2D eigenvalue weighted by Gasteiger charge is -2.11. The predicted octanol–water partition coefficient (Wildman–Crippen LogP) is 2.16. The van der Waals surface area contributed by atoms with E-state index in [1.807, 2.05) is 0 Å². The molecule has 0 aromatic carbocycles. The summed E-state index contributed by atoms with van der Waals surface area (Å²) in [4.78, 5) is 7.28. The molecule has 0 atom stereocenters. The number of aromatic nitrogens is 3. The van der Waals surface area contributed by atoms with Crippen LogP contribution in [0.2, 0.25) is 0 Å². The highest BCUT2D eigenvalue weighted by molar-refractivity contribution is 5.38. The predicted molar refractivity (Wildman–Crippen MR) is 51.1 cm³/mol. The summed E-state index contributed by atoms with van der Waals surface area (Å²) in [7, 11) is 0. The fourth-order valence-corrected chi connectivity index (χ4v) is 1.37. The summed E-state index contributed by atoms with van der Waals surface area (Å²) in [5.74, 6) is -0.497. The summed E-state index contributed by atoms with van der Waals surface area (Å²) >= 11 is 0. The second-order valence-corrected chi connectivity index (χ2v) is 3.10. The Morgan fingerprint density at radius 2 is 2.00 bits per heavy atom. The van der Waals surface area contributed by atoms with Crippen molar-refractivity contribution in [2.75, 3.05) is 0 Å². The maximum Gasteiger partial charge on any atom is 0.419 e. The van der Waals surface area contributed by atoms with Crippen molar-refractivity contribution >= 4 is 0 Å². The fraction of sp³-hybridized carbons (Fsp3) is 0.100. The molecule has 17 heavy (non-hydrogen) atoms. The molecule has 0 unspecified atom stereocenters. The van der Waals surface area contributed by atoms with E-state index in [0.29, 0.717) is 0 Å². The van der Waals surface area contributed by atoms with Gasteiger partial charge in [-0.2, -0.15) is 18.4 Å². The summed E-state index contributed by atoms with van der Waals surface area (Å²) in [6, 6.07) is 3.79. The summed E-state index contributed by atoms with van der Waals surface area (Å²) in [6.07, 6.45) is -0.796. The van der Waals surface area contributed by atoms with Gasteiger partial charge in [0.1, 0.15) is 6.07 Å². The van der Waals surface area contributed by atoms with Crippen LogP contribution in [0.5, 0.6) is 0 Å². The van der Waals surface area contributed by atoms with Gasteiger partial charge in [-0.3, -0.25) is 4.57 Å². The van der Waals surface area contributed by atoms with Crippen LogP contribution in [-0.4, -0.2) is 14.5 Å². The molecule has 0 bridgehead atoms. The van der Waals surface area contributed by atoms with Crippen LogP contribution in [0.25, 0.3) is 5.82 Å². The fourth-order valence-electron chi connectivity index (χ4n) is 1.37. The van der Waals surface area contributed by atoms with E-state index >= 15 is 0 Å². The number of halogens is 3. The number of pyridine rings is 1. The van der Waals surface area contributed by atoms with Crippen molar-refractivity contribution < 1.29 is 13.2 Å². The Bertz CT molecular complexity index is 580. The number of imidazole rings is 1. The normalized spacial score (nSPS) is 11.2. The molecule has 0 N–H and O–H groups in total. The average molecular weight is 238 g/mol. The third kappa shape index (κ3) is 1.97. The molecule has 0 aliphatic heterocycles. The van der Waals surface area contributed by atoms with E-state index in [2.05, 4.69) is 9.97 Å². The van der Waals surface area contributed by atoms with Crippen LogP contribution in [0.1, 0.15) is 11.4 Å². The van der Waals surface area contributed by atoms with Gasteiger partial charge >= 0.3 is 6.18 Å². The molecule has 0 aliphatic rings. The molecule has 0 amide bonds. The van der Waals surface area contributed by atoms with Gasteiger partial charge in [-0.1, -0.05) is 0 Å². The van der Waals surface area contributed by atoms with Crippen LogP contribution < -0.4 is 0 Å². The van der Waals surface area contributed by atoms with Gasteiger partial charge in [0.25, 0.3) is 0 Å². The summed E-state index contributed by atoms with van der Waals surface area (Å²) in [5, 5.41) is 8.72. The van der Waals surface area contributed by atoms with Crippen LogP contribution in [0.3, 0.4) is 0 Å². The molecule has 0 fully saturated rings. The first-order valence-electron chi connectivity index (χ1n) is 4.50. The van der Waals surface area contributed by atoms with Crippen molar-refractivity contribution in [3.8, 4) is 11.9 Å². The van der Waals surface area contributed by atoms with Gasteiger partial charge in [0, 0.05) is 18.6 Å². The highest BCUT2D eigenvalue weighted by atomic mass is 19.4. The average Bonchev–Trinajstić information content (AvgIpc) is 2.75. The van der Waals surface area contributed by atoms with Crippen molar-refractivity contribution in [1.82, 2.24) is 14.5 Å². The Kier molecular flexibility index (Phi) is 2.55. The molecule has 0 spiro atoms. The van der Waals surface area contributed by atoms with Gasteiger partial charge in [-0.05, 0) is 12.1 Å².